The summed E-state index contributed by atoms with van der Waals surface area (Å²) in [5, 5.41) is 21.0. The van der Waals surface area contributed by atoms with E-state index in [9.17, 15) is 15.0 Å². The fourth-order valence-corrected chi connectivity index (χ4v) is 7.65. The first kappa shape index (κ1) is 23.8. The molecule has 0 amide bonds. The standard InChI is InChI=1S/C28H38O6/c1-5-18-7-11-23-22-9-6-17-14-19(8-10-20(17)21(22)12-13-28(18,23)4)34-27-25(31)24(30)26(15(2)32-27)33-16(3)29/h5,8,10,14-15,18,21-27,30-31H,1,6-7,9,11-13H2,2-4H3/t15-,18+,21-,22-,23+,24-,25-,26+,27+,28-/m1/s1. The van der Waals surface area contributed by atoms with Crippen LogP contribution in [0.25, 0.3) is 0 Å². The van der Waals surface area contributed by atoms with Crippen LogP contribution in [0.1, 0.15) is 69.9 Å². The number of aryl methyl sites for hydroxylation is 1. The molecule has 1 aliphatic heterocycles. The molecule has 1 heterocycles. The molecule has 3 fully saturated rings. The van der Waals surface area contributed by atoms with Crippen LogP contribution in [0.3, 0.4) is 0 Å². The number of allylic oxidation sites excluding steroid dienone is 1. The molecule has 2 N–H and O–H groups in total. The van der Waals surface area contributed by atoms with Gasteiger partial charge in [0, 0.05) is 6.92 Å². The Bertz CT molecular complexity index is 945. The van der Waals surface area contributed by atoms with Crippen LogP contribution in [0.2, 0.25) is 0 Å². The highest BCUT2D eigenvalue weighted by Crippen LogP contribution is 2.63. The highest BCUT2D eigenvalue weighted by atomic mass is 16.7. The number of ether oxygens (including phenoxy) is 3. The largest absolute Gasteiger partial charge is 0.462 e. The van der Waals surface area contributed by atoms with Gasteiger partial charge >= 0.3 is 5.97 Å². The van der Waals surface area contributed by atoms with E-state index in [-0.39, 0.29) is 0 Å². The Morgan fingerprint density at radius 2 is 2.00 bits per heavy atom. The Labute approximate surface area is 202 Å². The maximum atomic E-state index is 11.3. The van der Waals surface area contributed by atoms with E-state index in [2.05, 4.69) is 31.7 Å². The summed E-state index contributed by atoms with van der Waals surface area (Å²) in [4.78, 5) is 11.3. The van der Waals surface area contributed by atoms with Crippen molar-refractivity contribution in [2.75, 3.05) is 0 Å². The fourth-order valence-electron chi connectivity index (χ4n) is 7.65. The fraction of sp³-hybridized carbons (Fsp3) is 0.679. The molecule has 0 radical (unpaired) electrons. The average Bonchev–Trinajstić information content (AvgIpc) is 3.16. The smallest absolute Gasteiger partial charge is 0.303 e. The van der Waals surface area contributed by atoms with Crippen molar-refractivity contribution in [2.24, 2.45) is 23.2 Å². The van der Waals surface area contributed by atoms with Gasteiger partial charge in [0.25, 0.3) is 0 Å². The lowest BCUT2D eigenvalue weighted by Gasteiger charge is -2.50. The van der Waals surface area contributed by atoms with Gasteiger partial charge in [0.05, 0.1) is 6.10 Å². The number of hydrogen-bond donors (Lipinski definition) is 2. The average molecular weight is 471 g/mol. The number of carbonyl (C=O) groups is 1. The second kappa shape index (κ2) is 8.96. The lowest BCUT2D eigenvalue weighted by Crippen LogP contribution is -2.59. The maximum absolute atomic E-state index is 11.3. The molecule has 0 aromatic heterocycles. The van der Waals surface area contributed by atoms with Gasteiger partial charge in [-0.25, -0.2) is 0 Å². The first-order valence-electron chi connectivity index (χ1n) is 12.8. The predicted octanol–water partition coefficient (Wildman–Crippen LogP) is 4.12. The van der Waals surface area contributed by atoms with Crippen molar-refractivity contribution < 1.29 is 29.2 Å². The normalized spacial score (nSPS) is 43.3. The van der Waals surface area contributed by atoms with Crippen molar-refractivity contribution in [1.82, 2.24) is 0 Å². The van der Waals surface area contributed by atoms with Crippen LogP contribution in [0.15, 0.2) is 30.9 Å². The van der Waals surface area contributed by atoms with Crippen molar-refractivity contribution in [3.8, 4) is 5.75 Å². The van der Waals surface area contributed by atoms with Crippen LogP contribution >= 0.6 is 0 Å². The van der Waals surface area contributed by atoms with Crippen molar-refractivity contribution in [3.63, 3.8) is 0 Å². The van der Waals surface area contributed by atoms with Crippen molar-refractivity contribution in [1.29, 1.82) is 0 Å². The first-order chi connectivity index (χ1) is 16.2. The molecule has 1 saturated heterocycles. The number of benzene rings is 1. The molecule has 3 aliphatic carbocycles. The van der Waals surface area contributed by atoms with Crippen molar-refractivity contribution >= 4 is 5.97 Å². The summed E-state index contributed by atoms with van der Waals surface area (Å²) in [6, 6.07) is 6.23. The molecule has 6 nitrogen and oxygen atoms in total. The number of aliphatic hydroxyl groups is 2. The number of rotatable bonds is 4. The Kier molecular flexibility index (Phi) is 6.28. The molecular formula is C28H38O6. The molecule has 186 valence electrons. The minimum atomic E-state index is -1.32. The second-order valence-electron chi connectivity index (χ2n) is 11.1. The molecule has 0 unspecified atom stereocenters. The monoisotopic (exact) mass is 470 g/mol. The van der Waals surface area contributed by atoms with Gasteiger partial charge < -0.3 is 24.4 Å². The molecule has 0 spiro atoms. The Morgan fingerprint density at radius 3 is 2.74 bits per heavy atom. The van der Waals surface area contributed by atoms with Gasteiger partial charge in [0.15, 0.2) is 6.10 Å². The number of carbonyl (C=O) groups excluding carboxylic acids is 1. The third-order valence-electron chi connectivity index (χ3n) is 9.39. The second-order valence-corrected chi connectivity index (χ2v) is 11.1. The molecular weight excluding hydrogens is 432 g/mol. The maximum Gasteiger partial charge on any atom is 0.303 e. The molecule has 0 bridgehead atoms. The zero-order valence-electron chi connectivity index (χ0n) is 20.5. The SMILES string of the molecule is C=C[C@H]1CC[C@H]2[C@@H]3CCc4cc(O[C@@H]5O[C@H](C)[C@H](OC(C)=O)[C@H](O)[C@H]5O)ccc4[C@H]3CC[C@]12C. The topological polar surface area (TPSA) is 85.2 Å². The summed E-state index contributed by atoms with van der Waals surface area (Å²) in [6.45, 7) is 9.59. The van der Waals surface area contributed by atoms with E-state index in [0.717, 1.165) is 18.3 Å². The number of hydrogen-bond acceptors (Lipinski definition) is 6. The third-order valence-corrected chi connectivity index (χ3v) is 9.39. The summed E-state index contributed by atoms with van der Waals surface area (Å²) in [5.74, 6) is 2.86. The summed E-state index contributed by atoms with van der Waals surface area (Å²) < 4.78 is 16.9. The van der Waals surface area contributed by atoms with Gasteiger partial charge in [-0.05, 0) is 97.8 Å². The van der Waals surface area contributed by atoms with Crippen molar-refractivity contribution in [3.05, 3.63) is 42.0 Å². The van der Waals surface area contributed by atoms with Gasteiger partial charge in [0.2, 0.25) is 6.29 Å². The van der Waals surface area contributed by atoms with Crippen LogP contribution in [0.5, 0.6) is 5.75 Å². The molecule has 5 rings (SSSR count). The third kappa shape index (κ3) is 3.88. The summed E-state index contributed by atoms with van der Waals surface area (Å²) in [6.07, 6.45) is 4.34. The van der Waals surface area contributed by atoms with Gasteiger partial charge in [0.1, 0.15) is 18.0 Å². The van der Waals surface area contributed by atoms with Crippen LogP contribution in [0.4, 0.5) is 0 Å². The Morgan fingerprint density at radius 1 is 1.21 bits per heavy atom. The minimum Gasteiger partial charge on any atom is -0.462 e. The van der Waals surface area contributed by atoms with E-state index in [1.54, 1.807) is 6.92 Å². The van der Waals surface area contributed by atoms with Crippen LogP contribution in [0, 0.1) is 23.2 Å². The van der Waals surface area contributed by atoms with Crippen LogP contribution < -0.4 is 4.74 Å². The Hall–Kier alpha value is -1.89. The van der Waals surface area contributed by atoms with E-state index >= 15 is 0 Å². The lowest BCUT2D eigenvalue weighted by molar-refractivity contribution is -0.272. The van der Waals surface area contributed by atoms with Crippen LogP contribution in [-0.2, 0) is 20.7 Å². The zero-order chi connectivity index (χ0) is 24.2. The highest BCUT2D eigenvalue weighted by molar-refractivity contribution is 5.66. The Balaban J connectivity index is 1.30. The van der Waals surface area contributed by atoms with Crippen molar-refractivity contribution in [2.45, 2.75) is 95.9 Å². The van der Waals surface area contributed by atoms with Gasteiger partial charge in [-0.1, -0.05) is 19.1 Å². The molecule has 4 aliphatic rings. The van der Waals surface area contributed by atoms with Crippen LogP contribution in [-0.4, -0.2) is 46.9 Å². The molecule has 2 saturated carbocycles. The predicted molar refractivity (Wildman–Crippen MR) is 127 cm³/mol. The molecule has 1 aromatic carbocycles. The number of esters is 1. The van der Waals surface area contributed by atoms with E-state index in [4.69, 9.17) is 14.2 Å². The van der Waals surface area contributed by atoms with Gasteiger partial charge in [-0.2, -0.15) is 0 Å². The molecule has 1 aromatic rings. The molecule has 10 atom stereocenters. The summed E-state index contributed by atoms with van der Waals surface area (Å²) >= 11 is 0. The van der Waals surface area contributed by atoms with E-state index in [1.807, 2.05) is 6.07 Å². The van der Waals surface area contributed by atoms with E-state index in [1.165, 1.54) is 50.2 Å². The zero-order valence-corrected chi connectivity index (χ0v) is 20.5. The number of fused-ring (bicyclic) bond motifs is 5. The lowest BCUT2D eigenvalue weighted by atomic mass is 9.54. The first-order valence-corrected chi connectivity index (χ1v) is 12.8. The summed E-state index contributed by atoms with van der Waals surface area (Å²) in [5.41, 5.74) is 3.16. The van der Waals surface area contributed by atoms with Gasteiger partial charge in [-0.15, -0.1) is 6.58 Å². The molecule has 6 heteroatoms. The quantitative estimate of drug-likeness (QED) is 0.509. The minimum absolute atomic E-state index is 0.402. The van der Waals surface area contributed by atoms with E-state index < -0.39 is 36.7 Å². The van der Waals surface area contributed by atoms with E-state index in [0.29, 0.717) is 23.0 Å². The number of aliphatic hydroxyl groups excluding tert-OH is 2. The summed E-state index contributed by atoms with van der Waals surface area (Å²) in [7, 11) is 0. The van der Waals surface area contributed by atoms with Gasteiger partial charge in [-0.3, -0.25) is 4.79 Å². The highest BCUT2D eigenvalue weighted by Gasteiger charge is 2.54. The molecule has 34 heavy (non-hydrogen) atoms.